The van der Waals surface area contributed by atoms with E-state index in [0.29, 0.717) is 22.6 Å². The second kappa shape index (κ2) is 7.96. The molecule has 1 aromatic heterocycles. The minimum atomic E-state index is -0.498. The molecule has 4 aromatic rings. The van der Waals surface area contributed by atoms with Gasteiger partial charge in [-0.2, -0.15) is 4.98 Å². The van der Waals surface area contributed by atoms with E-state index in [1.807, 2.05) is 31.2 Å². The lowest BCUT2D eigenvalue weighted by molar-refractivity contribution is -0.384. The van der Waals surface area contributed by atoms with Crippen molar-refractivity contribution in [3.63, 3.8) is 0 Å². The predicted octanol–water partition coefficient (Wildman–Crippen LogP) is 4.87. The number of anilines is 1. The lowest BCUT2D eigenvalue weighted by atomic mass is 10.1. The molecule has 0 saturated carbocycles. The third kappa shape index (κ3) is 3.79. The van der Waals surface area contributed by atoms with Gasteiger partial charge in [0.15, 0.2) is 0 Å². The highest BCUT2D eigenvalue weighted by Gasteiger charge is 2.19. The van der Waals surface area contributed by atoms with Gasteiger partial charge in [-0.25, -0.2) is 0 Å². The number of carbonyl (C=O) groups excluding carboxylic acids is 1. The van der Waals surface area contributed by atoms with Crippen LogP contribution in [0.1, 0.15) is 15.9 Å². The number of nitro groups is 1. The van der Waals surface area contributed by atoms with Crippen molar-refractivity contribution in [2.75, 3.05) is 5.32 Å². The molecule has 1 amide bonds. The van der Waals surface area contributed by atoms with Gasteiger partial charge in [-0.15, -0.1) is 0 Å². The number of nitro benzene ring substituents is 1. The second-order valence-corrected chi connectivity index (χ2v) is 6.54. The first-order chi connectivity index (χ1) is 14.5. The molecule has 0 radical (unpaired) electrons. The first-order valence-electron chi connectivity index (χ1n) is 9.08. The Hall–Kier alpha value is -4.33. The fraction of sp³-hybridized carbons (Fsp3) is 0.0455. The molecule has 0 unspecified atom stereocenters. The summed E-state index contributed by atoms with van der Waals surface area (Å²) in [5, 5.41) is 17.6. The number of benzene rings is 3. The van der Waals surface area contributed by atoms with E-state index in [-0.39, 0.29) is 11.6 Å². The highest BCUT2D eigenvalue weighted by atomic mass is 16.6. The Bertz CT molecular complexity index is 1230. The van der Waals surface area contributed by atoms with Crippen LogP contribution in [-0.4, -0.2) is 21.0 Å². The average molecular weight is 400 g/mol. The average Bonchev–Trinajstić information content (AvgIpc) is 3.24. The van der Waals surface area contributed by atoms with Crippen molar-refractivity contribution in [2.45, 2.75) is 6.92 Å². The molecule has 4 rings (SSSR count). The number of non-ortho nitro benzene ring substituents is 1. The van der Waals surface area contributed by atoms with E-state index in [0.717, 1.165) is 11.1 Å². The van der Waals surface area contributed by atoms with Gasteiger partial charge in [0.25, 0.3) is 17.5 Å². The quantitative estimate of drug-likeness (QED) is 0.378. The van der Waals surface area contributed by atoms with Gasteiger partial charge >= 0.3 is 0 Å². The predicted molar refractivity (Wildman–Crippen MR) is 111 cm³/mol. The van der Waals surface area contributed by atoms with Crippen molar-refractivity contribution in [3.8, 4) is 22.8 Å². The van der Waals surface area contributed by atoms with Crippen molar-refractivity contribution in [2.24, 2.45) is 0 Å². The normalized spacial score (nSPS) is 10.6. The van der Waals surface area contributed by atoms with E-state index >= 15 is 0 Å². The Morgan fingerprint density at radius 2 is 1.63 bits per heavy atom. The highest BCUT2D eigenvalue weighted by Crippen LogP contribution is 2.27. The van der Waals surface area contributed by atoms with Crippen LogP contribution in [-0.2, 0) is 0 Å². The van der Waals surface area contributed by atoms with Gasteiger partial charge in [-0.3, -0.25) is 14.9 Å². The molecule has 30 heavy (non-hydrogen) atoms. The highest BCUT2D eigenvalue weighted by molar-refractivity contribution is 6.08. The zero-order valence-electron chi connectivity index (χ0n) is 15.9. The van der Waals surface area contributed by atoms with E-state index < -0.39 is 10.8 Å². The molecule has 8 heteroatoms. The zero-order chi connectivity index (χ0) is 21.1. The molecular weight excluding hydrogens is 384 g/mol. The molecule has 0 aliphatic rings. The Kier molecular flexibility index (Phi) is 5.04. The molecule has 0 atom stereocenters. The summed E-state index contributed by atoms with van der Waals surface area (Å²) in [6.45, 7) is 1.96. The summed E-state index contributed by atoms with van der Waals surface area (Å²) >= 11 is 0. The Balaban J connectivity index is 1.62. The van der Waals surface area contributed by atoms with E-state index in [9.17, 15) is 14.9 Å². The fourth-order valence-electron chi connectivity index (χ4n) is 3.00. The van der Waals surface area contributed by atoms with Gasteiger partial charge in [0.05, 0.1) is 16.1 Å². The topological polar surface area (TPSA) is 111 Å². The largest absolute Gasteiger partial charge is 0.334 e. The van der Waals surface area contributed by atoms with Gasteiger partial charge < -0.3 is 9.84 Å². The van der Waals surface area contributed by atoms with Crippen molar-refractivity contribution < 1.29 is 14.2 Å². The molecule has 0 aliphatic carbocycles. The van der Waals surface area contributed by atoms with Gasteiger partial charge in [0.2, 0.25) is 5.82 Å². The molecule has 0 spiro atoms. The van der Waals surface area contributed by atoms with Crippen LogP contribution >= 0.6 is 0 Å². The number of hydrogen-bond donors (Lipinski definition) is 1. The van der Waals surface area contributed by atoms with Crippen LogP contribution in [0.15, 0.2) is 77.3 Å². The summed E-state index contributed by atoms with van der Waals surface area (Å²) in [5.41, 5.74) is 3.07. The van der Waals surface area contributed by atoms with Crippen molar-refractivity contribution in [3.05, 3.63) is 94.0 Å². The molecule has 3 aromatic carbocycles. The van der Waals surface area contributed by atoms with E-state index in [1.165, 1.54) is 24.3 Å². The van der Waals surface area contributed by atoms with E-state index in [2.05, 4.69) is 15.5 Å². The zero-order valence-corrected chi connectivity index (χ0v) is 15.9. The minimum Gasteiger partial charge on any atom is -0.334 e. The molecule has 0 saturated heterocycles. The lowest BCUT2D eigenvalue weighted by Crippen LogP contribution is -2.13. The van der Waals surface area contributed by atoms with Crippen LogP contribution in [0, 0.1) is 17.0 Å². The Morgan fingerprint density at radius 1 is 0.967 bits per heavy atom. The maximum Gasteiger partial charge on any atom is 0.269 e. The number of nitrogens with zero attached hydrogens (tertiary/aromatic N) is 3. The van der Waals surface area contributed by atoms with E-state index in [4.69, 9.17) is 4.52 Å². The maximum absolute atomic E-state index is 12.8. The van der Waals surface area contributed by atoms with E-state index in [1.54, 1.807) is 24.3 Å². The van der Waals surface area contributed by atoms with Crippen molar-refractivity contribution in [1.82, 2.24) is 10.1 Å². The van der Waals surface area contributed by atoms with Gasteiger partial charge in [-0.05, 0) is 36.8 Å². The second-order valence-electron chi connectivity index (χ2n) is 6.54. The maximum atomic E-state index is 12.8. The standard InChI is InChI=1S/C22H16N4O4/c1-14-6-2-3-7-17(14)20-24-22(30-25-20)19-9-5-4-8-18(19)21(27)23-15-10-12-16(13-11-15)26(28)29/h2-13H,1H3,(H,23,27). The third-order valence-electron chi connectivity index (χ3n) is 4.55. The molecular formula is C22H16N4O4. The Morgan fingerprint density at radius 3 is 2.33 bits per heavy atom. The SMILES string of the molecule is Cc1ccccc1-c1noc(-c2ccccc2C(=O)Nc2ccc([N+](=O)[O-])cc2)n1. The number of rotatable bonds is 5. The van der Waals surface area contributed by atoms with Gasteiger partial charge in [-0.1, -0.05) is 41.6 Å². The smallest absolute Gasteiger partial charge is 0.269 e. The summed E-state index contributed by atoms with van der Waals surface area (Å²) in [6, 6.07) is 20.1. The van der Waals surface area contributed by atoms with Gasteiger partial charge in [0, 0.05) is 23.4 Å². The molecule has 0 aliphatic heterocycles. The van der Waals surface area contributed by atoms with Crippen LogP contribution < -0.4 is 5.32 Å². The molecule has 0 fully saturated rings. The summed E-state index contributed by atoms with van der Waals surface area (Å²) in [5.74, 6) is 0.270. The summed E-state index contributed by atoms with van der Waals surface area (Å²) in [4.78, 5) is 27.6. The number of amides is 1. The number of hydrogen-bond acceptors (Lipinski definition) is 6. The minimum absolute atomic E-state index is 0.0528. The monoisotopic (exact) mass is 400 g/mol. The van der Waals surface area contributed by atoms with Crippen LogP contribution in [0.4, 0.5) is 11.4 Å². The number of carbonyl (C=O) groups is 1. The summed E-state index contributed by atoms with van der Waals surface area (Å²) < 4.78 is 5.43. The van der Waals surface area contributed by atoms with Crippen LogP contribution in [0.25, 0.3) is 22.8 Å². The first-order valence-corrected chi connectivity index (χ1v) is 9.08. The number of aryl methyl sites for hydroxylation is 1. The van der Waals surface area contributed by atoms with Crippen LogP contribution in [0.3, 0.4) is 0 Å². The molecule has 1 heterocycles. The summed E-state index contributed by atoms with van der Waals surface area (Å²) in [6.07, 6.45) is 0. The molecule has 8 nitrogen and oxygen atoms in total. The van der Waals surface area contributed by atoms with Crippen molar-refractivity contribution >= 4 is 17.3 Å². The van der Waals surface area contributed by atoms with Crippen LogP contribution in [0.2, 0.25) is 0 Å². The van der Waals surface area contributed by atoms with Gasteiger partial charge in [0.1, 0.15) is 0 Å². The molecule has 0 bridgehead atoms. The van der Waals surface area contributed by atoms with Crippen molar-refractivity contribution in [1.29, 1.82) is 0 Å². The molecule has 148 valence electrons. The third-order valence-corrected chi connectivity index (χ3v) is 4.55. The van der Waals surface area contributed by atoms with Crippen LogP contribution in [0.5, 0.6) is 0 Å². The Labute approximate surface area is 171 Å². The summed E-state index contributed by atoms with van der Waals surface area (Å²) in [7, 11) is 0. The number of aromatic nitrogens is 2. The fourth-order valence-corrected chi connectivity index (χ4v) is 3.00. The molecule has 1 N–H and O–H groups in total. The lowest BCUT2D eigenvalue weighted by Gasteiger charge is -2.07. The number of nitrogens with one attached hydrogen (secondary N) is 1. The first kappa shape index (κ1) is 19.0.